The minimum absolute atomic E-state index is 0.449. The van der Waals surface area contributed by atoms with Gasteiger partial charge in [0.05, 0.1) is 0 Å². The van der Waals surface area contributed by atoms with Gasteiger partial charge in [-0.25, -0.2) is 0 Å². The van der Waals surface area contributed by atoms with Crippen molar-refractivity contribution in [1.82, 2.24) is 0 Å². The smallest absolute Gasteiger partial charge is 0.0280 e. The zero-order valence-corrected chi connectivity index (χ0v) is 11.7. The molecule has 0 N–H and O–H groups in total. The van der Waals surface area contributed by atoms with E-state index in [0.717, 1.165) is 11.8 Å². The van der Waals surface area contributed by atoms with Gasteiger partial charge in [0, 0.05) is 16.5 Å². The van der Waals surface area contributed by atoms with E-state index in [1.165, 1.54) is 42.8 Å². The molecule has 0 amide bonds. The van der Waals surface area contributed by atoms with Crippen molar-refractivity contribution in [3.8, 4) is 0 Å². The van der Waals surface area contributed by atoms with Gasteiger partial charge in [0.15, 0.2) is 0 Å². The van der Waals surface area contributed by atoms with Crippen molar-refractivity contribution in [2.75, 3.05) is 11.6 Å². The van der Waals surface area contributed by atoms with Gasteiger partial charge in [0.2, 0.25) is 0 Å². The van der Waals surface area contributed by atoms with E-state index in [0.29, 0.717) is 5.41 Å². The first kappa shape index (κ1) is 11.9. The summed E-state index contributed by atoms with van der Waals surface area (Å²) in [5.41, 5.74) is 2.03. The number of hydrogen-bond donors (Lipinski definition) is 0. The van der Waals surface area contributed by atoms with Crippen LogP contribution in [-0.4, -0.2) is 11.6 Å². The Morgan fingerprint density at radius 1 is 1.24 bits per heavy atom. The third kappa shape index (κ3) is 2.24. The fraction of sp³-hybridized carbons (Fsp3) is 0.600. The van der Waals surface area contributed by atoms with Gasteiger partial charge in [-0.3, -0.25) is 0 Å². The lowest BCUT2D eigenvalue weighted by Crippen LogP contribution is -2.22. The molecule has 1 saturated carbocycles. The van der Waals surface area contributed by atoms with Crippen LogP contribution in [0.4, 0.5) is 0 Å². The molecule has 2 heteroatoms. The molecule has 1 aliphatic carbocycles. The monoisotopic (exact) mass is 266 g/mol. The molecule has 1 aliphatic heterocycles. The Hall–Kier alpha value is -0.140. The second kappa shape index (κ2) is 4.85. The minimum Gasteiger partial charge on any atom is -0.126 e. The molecular formula is C15H19ClS. The molecule has 1 fully saturated rings. The second-order valence-corrected chi connectivity index (χ2v) is 6.92. The van der Waals surface area contributed by atoms with Crippen LogP contribution in [0.15, 0.2) is 29.2 Å². The van der Waals surface area contributed by atoms with Gasteiger partial charge in [0.25, 0.3) is 0 Å². The molecule has 1 aromatic rings. The molecule has 17 heavy (non-hydrogen) atoms. The fourth-order valence-electron chi connectivity index (χ4n) is 3.44. The summed E-state index contributed by atoms with van der Waals surface area (Å²) in [5.74, 6) is 2.86. The third-order valence-electron chi connectivity index (χ3n) is 4.43. The van der Waals surface area contributed by atoms with Crippen molar-refractivity contribution in [2.45, 2.75) is 42.9 Å². The number of fused-ring (bicyclic) bond motifs is 1. The van der Waals surface area contributed by atoms with E-state index in [1.807, 2.05) is 11.8 Å². The van der Waals surface area contributed by atoms with Gasteiger partial charge < -0.3 is 0 Å². The minimum atomic E-state index is 0.449. The summed E-state index contributed by atoms with van der Waals surface area (Å²) in [7, 11) is 0. The van der Waals surface area contributed by atoms with Crippen molar-refractivity contribution < 1.29 is 0 Å². The molecule has 1 atom stereocenters. The maximum atomic E-state index is 6.26. The maximum absolute atomic E-state index is 6.26. The van der Waals surface area contributed by atoms with Crippen LogP contribution in [0, 0.1) is 5.41 Å². The van der Waals surface area contributed by atoms with Gasteiger partial charge in [0.1, 0.15) is 0 Å². The molecular weight excluding hydrogens is 248 g/mol. The van der Waals surface area contributed by atoms with Crippen LogP contribution in [0.2, 0.25) is 0 Å². The molecule has 0 bridgehead atoms. The van der Waals surface area contributed by atoms with Crippen molar-refractivity contribution in [2.24, 2.45) is 5.41 Å². The van der Waals surface area contributed by atoms with Crippen molar-refractivity contribution >= 4 is 23.4 Å². The van der Waals surface area contributed by atoms with E-state index in [2.05, 4.69) is 24.3 Å². The molecule has 2 aliphatic rings. The zero-order chi connectivity index (χ0) is 11.7. The molecule has 3 rings (SSSR count). The molecule has 92 valence electrons. The number of benzene rings is 1. The molecule has 0 aromatic heterocycles. The van der Waals surface area contributed by atoms with Crippen molar-refractivity contribution in [1.29, 1.82) is 0 Å². The highest BCUT2D eigenvalue weighted by Gasteiger charge is 2.37. The maximum Gasteiger partial charge on any atom is 0.0280 e. The van der Waals surface area contributed by atoms with Gasteiger partial charge in [-0.15, -0.1) is 23.4 Å². The quantitative estimate of drug-likeness (QED) is 0.689. The van der Waals surface area contributed by atoms with Crippen LogP contribution in [0.1, 0.15) is 43.6 Å². The highest BCUT2D eigenvalue weighted by molar-refractivity contribution is 7.99. The van der Waals surface area contributed by atoms with Crippen LogP contribution in [0.5, 0.6) is 0 Å². The summed E-state index contributed by atoms with van der Waals surface area (Å²) in [5, 5.41) is 0. The number of rotatable bonds is 3. The van der Waals surface area contributed by atoms with E-state index in [1.54, 1.807) is 5.56 Å². The number of halogens is 1. The Bertz CT molecular complexity index is 396. The van der Waals surface area contributed by atoms with E-state index in [-0.39, 0.29) is 0 Å². The van der Waals surface area contributed by atoms with Gasteiger partial charge in [-0.2, -0.15) is 0 Å². The lowest BCUT2D eigenvalue weighted by molar-refractivity contribution is 0.294. The highest BCUT2D eigenvalue weighted by Crippen LogP contribution is 2.50. The first-order chi connectivity index (χ1) is 8.33. The molecule has 0 nitrogen and oxygen atoms in total. The molecule has 0 radical (unpaired) electrons. The van der Waals surface area contributed by atoms with Gasteiger partial charge in [-0.1, -0.05) is 31.0 Å². The van der Waals surface area contributed by atoms with Crippen LogP contribution in [0.25, 0.3) is 0 Å². The SMILES string of the molecule is ClCC1(CC2CSc3ccccc32)CCCC1. The van der Waals surface area contributed by atoms with Crippen molar-refractivity contribution in [3.63, 3.8) is 0 Å². The van der Waals surface area contributed by atoms with E-state index < -0.39 is 0 Å². The number of thioether (sulfide) groups is 1. The summed E-state index contributed by atoms with van der Waals surface area (Å²) in [4.78, 5) is 1.50. The summed E-state index contributed by atoms with van der Waals surface area (Å²) >= 11 is 8.29. The largest absolute Gasteiger partial charge is 0.126 e. The van der Waals surface area contributed by atoms with E-state index in [4.69, 9.17) is 11.6 Å². The molecule has 1 unspecified atom stereocenters. The number of hydrogen-bond acceptors (Lipinski definition) is 1. The summed E-state index contributed by atoms with van der Waals surface area (Å²) in [6, 6.07) is 8.92. The van der Waals surface area contributed by atoms with Crippen LogP contribution >= 0.6 is 23.4 Å². The van der Waals surface area contributed by atoms with Gasteiger partial charge >= 0.3 is 0 Å². The Morgan fingerprint density at radius 2 is 2.00 bits per heavy atom. The second-order valence-electron chi connectivity index (χ2n) is 5.59. The average molecular weight is 267 g/mol. The predicted octanol–water partition coefficient (Wildman–Crippen LogP) is 5.07. The van der Waals surface area contributed by atoms with E-state index >= 15 is 0 Å². The van der Waals surface area contributed by atoms with Gasteiger partial charge in [-0.05, 0) is 42.2 Å². The topological polar surface area (TPSA) is 0 Å². The molecule has 1 aromatic carbocycles. The predicted molar refractivity (Wildman–Crippen MR) is 76.1 cm³/mol. The molecule has 1 heterocycles. The van der Waals surface area contributed by atoms with Crippen LogP contribution in [0.3, 0.4) is 0 Å². The lowest BCUT2D eigenvalue weighted by atomic mass is 9.78. The van der Waals surface area contributed by atoms with E-state index in [9.17, 15) is 0 Å². The number of alkyl halides is 1. The Kier molecular flexibility index (Phi) is 3.40. The van der Waals surface area contributed by atoms with Crippen LogP contribution < -0.4 is 0 Å². The van der Waals surface area contributed by atoms with Crippen LogP contribution in [-0.2, 0) is 0 Å². The first-order valence-electron chi connectivity index (χ1n) is 6.61. The summed E-state index contributed by atoms with van der Waals surface area (Å²) in [6.07, 6.45) is 6.77. The Labute approximate surface area is 113 Å². The summed E-state index contributed by atoms with van der Waals surface area (Å²) in [6.45, 7) is 0. The molecule has 0 spiro atoms. The zero-order valence-electron chi connectivity index (χ0n) is 10.1. The Morgan fingerprint density at radius 3 is 2.76 bits per heavy atom. The fourth-order valence-corrected chi connectivity index (χ4v) is 5.07. The summed E-state index contributed by atoms with van der Waals surface area (Å²) < 4.78 is 0. The van der Waals surface area contributed by atoms with Crippen molar-refractivity contribution in [3.05, 3.63) is 29.8 Å². The normalized spacial score (nSPS) is 26.1. The highest BCUT2D eigenvalue weighted by atomic mass is 35.5. The first-order valence-corrected chi connectivity index (χ1v) is 8.13. The lowest BCUT2D eigenvalue weighted by Gasteiger charge is -2.29. The molecule has 0 saturated heterocycles. The average Bonchev–Trinajstić information content (AvgIpc) is 2.99. The Balaban J connectivity index is 1.79. The standard InChI is InChI=1S/C15H19ClS/c16-11-15(7-3-4-8-15)9-12-10-17-14-6-2-1-5-13(12)14/h1-2,5-6,12H,3-4,7-11H2. The third-order valence-corrected chi connectivity index (χ3v) is 6.24.